The quantitative estimate of drug-likeness (QED) is 0.151. The molecular weight excluding hydrogens is 652 g/mol. The van der Waals surface area contributed by atoms with Gasteiger partial charge in [0, 0.05) is 40.6 Å². The number of hydrogen-bond donors (Lipinski definition) is 2. The molecule has 18 heteroatoms. The fourth-order valence-corrected chi connectivity index (χ4v) is 7.25. The third-order valence-electron chi connectivity index (χ3n) is 6.17. The third kappa shape index (κ3) is 8.64. The zero-order chi connectivity index (χ0) is 31.5. The molecular formula is C27H29N3Na2O11S2. The minimum absolute atomic E-state index is 0. The Balaban J connectivity index is 0.00000353. The SMILES string of the molecule is COc1ccc2c(c1)nc([S+]([O-])Cc1ncc(C)c(OC)c1C)n2S(=O)(=O)c1ccc(OCC(=O)O)c(OCC(=O)O)c1.[NaH].[NaH]. The number of aryl methyl sites for hydroxylation is 1. The van der Waals surface area contributed by atoms with Gasteiger partial charge in [-0.1, -0.05) is 0 Å². The van der Waals surface area contributed by atoms with Crippen LogP contribution in [0.3, 0.4) is 0 Å². The minimum atomic E-state index is -4.57. The molecule has 0 aliphatic carbocycles. The molecule has 2 aromatic carbocycles. The van der Waals surface area contributed by atoms with E-state index in [1.165, 1.54) is 32.4 Å². The van der Waals surface area contributed by atoms with Gasteiger partial charge in [-0.25, -0.2) is 18.0 Å². The summed E-state index contributed by atoms with van der Waals surface area (Å²) in [6.45, 7) is 1.92. The topological polar surface area (TPSA) is 199 Å². The molecule has 4 rings (SSSR count). The summed E-state index contributed by atoms with van der Waals surface area (Å²) in [5.74, 6) is -2.44. The van der Waals surface area contributed by atoms with Gasteiger partial charge in [0.05, 0.1) is 35.8 Å². The summed E-state index contributed by atoms with van der Waals surface area (Å²) < 4.78 is 63.9. The molecule has 45 heavy (non-hydrogen) atoms. The number of aromatic nitrogens is 3. The van der Waals surface area contributed by atoms with E-state index in [-0.39, 0.29) is 92.6 Å². The summed E-state index contributed by atoms with van der Waals surface area (Å²) >= 11 is -2.05. The molecule has 0 aliphatic heterocycles. The van der Waals surface area contributed by atoms with E-state index < -0.39 is 51.2 Å². The van der Waals surface area contributed by atoms with Gasteiger partial charge in [0.2, 0.25) is 0 Å². The molecule has 0 saturated heterocycles. The van der Waals surface area contributed by atoms with Gasteiger partial charge in [-0.3, -0.25) is 4.98 Å². The Morgan fingerprint density at radius 1 is 0.956 bits per heavy atom. The van der Waals surface area contributed by atoms with Crippen LogP contribution in [0.1, 0.15) is 16.8 Å². The number of ether oxygens (including phenoxy) is 4. The molecule has 232 valence electrons. The van der Waals surface area contributed by atoms with Crippen molar-refractivity contribution in [2.45, 2.75) is 29.7 Å². The van der Waals surface area contributed by atoms with E-state index in [0.29, 0.717) is 22.8 Å². The van der Waals surface area contributed by atoms with E-state index in [4.69, 9.17) is 29.2 Å². The van der Waals surface area contributed by atoms with Crippen molar-refractivity contribution >= 4 is 103 Å². The Kier molecular flexibility index (Phi) is 14.0. The first-order valence-corrected chi connectivity index (χ1v) is 15.2. The molecule has 2 heterocycles. The van der Waals surface area contributed by atoms with E-state index in [9.17, 15) is 22.6 Å². The van der Waals surface area contributed by atoms with E-state index in [1.807, 2.05) is 6.92 Å². The van der Waals surface area contributed by atoms with Crippen LogP contribution in [0.15, 0.2) is 52.6 Å². The monoisotopic (exact) mass is 681 g/mol. The molecule has 4 aromatic rings. The van der Waals surface area contributed by atoms with Gasteiger partial charge in [0.15, 0.2) is 30.5 Å². The predicted octanol–water partition coefficient (Wildman–Crippen LogP) is 1.24. The number of hydrogen-bond acceptors (Lipinski definition) is 11. The van der Waals surface area contributed by atoms with Gasteiger partial charge in [-0.2, -0.15) is 8.96 Å². The van der Waals surface area contributed by atoms with Crippen molar-refractivity contribution in [1.29, 1.82) is 0 Å². The predicted molar refractivity (Wildman–Crippen MR) is 166 cm³/mol. The molecule has 0 bridgehead atoms. The first kappa shape index (κ1) is 38.6. The molecule has 1 unspecified atom stereocenters. The first-order valence-electron chi connectivity index (χ1n) is 12.4. The van der Waals surface area contributed by atoms with Crippen LogP contribution >= 0.6 is 0 Å². The maximum absolute atomic E-state index is 14.1. The van der Waals surface area contributed by atoms with Gasteiger partial charge < -0.3 is 33.7 Å². The number of pyridine rings is 1. The maximum atomic E-state index is 14.1. The van der Waals surface area contributed by atoms with Gasteiger partial charge in [0.25, 0.3) is 10.0 Å². The van der Waals surface area contributed by atoms with Crippen molar-refractivity contribution in [3.8, 4) is 23.0 Å². The van der Waals surface area contributed by atoms with E-state index in [0.717, 1.165) is 27.7 Å². The van der Waals surface area contributed by atoms with Gasteiger partial charge in [0.1, 0.15) is 11.5 Å². The number of fused-ring (bicyclic) bond motifs is 1. The zero-order valence-corrected chi connectivity index (χ0v) is 25.0. The summed E-state index contributed by atoms with van der Waals surface area (Å²) in [7, 11) is -1.64. The van der Waals surface area contributed by atoms with E-state index in [1.54, 1.807) is 13.1 Å². The number of carboxylic acids is 2. The molecule has 0 amide bonds. The summed E-state index contributed by atoms with van der Waals surface area (Å²) in [5, 5.41) is 17.7. The number of benzene rings is 2. The molecule has 14 nitrogen and oxygen atoms in total. The van der Waals surface area contributed by atoms with E-state index >= 15 is 0 Å². The van der Waals surface area contributed by atoms with Crippen LogP contribution < -0.4 is 18.9 Å². The second-order valence-electron chi connectivity index (χ2n) is 9.03. The number of imidazole rings is 1. The van der Waals surface area contributed by atoms with Crippen LogP contribution in [0.2, 0.25) is 0 Å². The van der Waals surface area contributed by atoms with Crippen molar-refractivity contribution in [1.82, 2.24) is 13.9 Å². The molecule has 0 spiro atoms. The standard InChI is InChI=1S/C27H27N3O11S2.2Na.2H/c1-15-11-28-20(16(2)26(15)39-4)14-42(35)27-29-19-9-17(38-3)5-7-21(19)30(27)43(36,37)18-6-8-22(40-12-24(31)32)23(10-18)41-13-25(33)34;;;;/h5-11H,12-14H2,1-4H3,(H,31,32)(H,33,34);;;;. The van der Waals surface area contributed by atoms with Crippen molar-refractivity contribution < 1.29 is 51.7 Å². The van der Waals surface area contributed by atoms with Crippen molar-refractivity contribution in [3.63, 3.8) is 0 Å². The Hall–Kier alpha value is -2.54. The fraction of sp³-hybridized carbons (Fsp3) is 0.259. The molecule has 2 N–H and O–H groups in total. The number of nitrogens with zero attached hydrogens (tertiary/aromatic N) is 3. The Labute approximate surface area is 305 Å². The Morgan fingerprint density at radius 2 is 1.60 bits per heavy atom. The normalized spacial score (nSPS) is 11.6. The molecule has 0 radical (unpaired) electrons. The molecule has 1 atom stereocenters. The Morgan fingerprint density at radius 3 is 2.20 bits per heavy atom. The average molecular weight is 682 g/mol. The fourth-order valence-electron chi connectivity index (χ4n) is 4.19. The van der Waals surface area contributed by atoms with Crippen LogP contribution in [0, 0.1) is 13.8 Å². The molecule has 0 aliphatic rings. The zero-order valence-electron chi connectivity index (χ0n) is 23.4. The van der Waals surface area contributed by atoms with Crippen LogP contribution in [0.4, 0.5) is 0 Å². The van der Waals surface area contributed by atoms with Crippen molar-refractivity contribution in [2.24, 2.45) is 0 Å². The second kappa shape index (κ2) is 16.3. The van der Waals surface area contributed by atoms with Gasteiger partial charge >= 0.3 is 76.2 Å². The van der Waals surface area contributed by atoms with Crippen LogP contribution in [0.5, 0.6) is 23.0 Å². The van der Waals surface area contributed by atoms with Crippen LogP contribution in [0.25, 0.3) is 11.0 Å². The summed E-state index contributed by atoms with van der Waals surface area (Å²) in [6, 6.07) is 7.71. The van der Waals surface area contributed by atoms with Gasteiger partial charge in [-0.15, -0.1) is 0 Å². The number of carbonyl (C=O) groups is 2. The van der Waals surface area contributed by atoms with Gasteiger partial charge in [-0.05, 0) is 38.1 Å². The average Bonchev–Trinajstić information content (AvgIpc) is 3.36. The summed E-state index contributed by atoms with van der Waals surface area (Å²) in [4.78, 5) is 30.5. The first-order chi connectivity index (χ1) is 20.4. The summed E-state index contributed by atoms with van der Waals surface area (Å²) in [6.07, 6.45) is 1.57. The number of rotatable bonds is 13. The van der Waals surface area contributed by atoms with Crippen molar-refractivity contribution in [3.05, 3.63) is 59.4 Å². The van der Waals surface area contributed by atoms with Crippen molar-refractivity contribution in [2.75, 3.05) is 27.4 Å². The second-order valence-corrected chi connectivity index (χ2v) is 12.2. The Bertz CT molecular complexity index is 1820. The molecule has 0 fully saturated rings. The van der Waals surface area contributed by atoms with Crippen LogP contribution in [-0.4, -0.2) is 136 Å². The summed E-state index contributed by atoms with van der Waals surface area (Å²) in [5.41, 5.74) is 2.10. The number of aliphatic carboxylic acids is 2. The van der Waals surface area contributed by atoms with Crippen LogP contribution in [-0.2, 0) is 36.5 Å². The number of carboxylic acid groups (broad SMARTS) is 2. The number of methoxy groups -OCH3 is 2. The molecule has 0 saturated carbocycles. The van der Waals surface area contributed by atoms with E-state index in [2.05, 4.69) is 9.97 Å². The molecule has 2 aromatic heterocycles. The third-order valence-corrected chi connectivity index (χ3v) is 9.20.